The van der Waals surface area contributed by atoms with Gasteiger partial charge in [0.25, 0.3) is 0 Å². The summed E-state index contributed by atoms with van der Waals surface area (Å²) in [6.07, 6.45) is 8.05. The van der Waals surface area contributed by atoms with Gasteiger partial charge in [-0.3, -0.25) is 4.90 Å². The van der Waals surface area contributed by atoms with Gasteiger partial charge >= 0.3 is 0 Å². The van der Waals surface area contributed by atoms with Crippen molar-refractivity contribution in [3.63, 3.8) is 0 Å². The minimum atomic E-state index is -0.306. The first-order valence-corrected chi connectivity index (χ1v) is 12.3. The molecule has 1 fully saturated rings. The molecule has 0 amide bonds. The number of aromatic nitrogens is 1. The fourth-order valence-electron chi connectivity index (χ4n) is 4.51. The summed E-state index contributed by atoms with van der Waals surface area (Å²) in [6, 6.07) is 13.4. The van der Waals surface area contributed by atoms with Crippen LogP contribution in [0.1, 0.15) is 63.3 Å². The van der Waals surface area contributed by atoms with E-state index in [1.807, 2.05) is 6.08 Å². The number of likely N-dealkylation sites (tertiary alicyclic amines) is 1. The molecule has 1 aromatic heterocycles. The van der Waals surface area contributed by atoms with E-state index in [1.165, 1.54) is 42.8 Å². The molecule has 4 heteroatoms. The summed E-state index contributed by atoms with van der Waals surface area (Å²) < 4.78 is 2.35. The van der Waals surface area contributed by atoms with E-state index in [4.69, 9.17) is 0 Å². The molecular weight excluding hydrogens is 394 g/mol. The van der Waals surface area contributed by atoms with Crippen LogP contribution in [0.2, 0.25) is 0 Å². The van der Waals surface area contributed by atoms with Crippen LogP contribution in [0.15, 0.2) is 55.3 Å². The second-order valence-electron chi connectivity index (χ2n) is 10.4. The summed E-state index contributed by atoms with van der Waals surface area (Å²) in [5.41, 5.74) is 4.18. The molecule has 1 aliphatic rings. The van der Waals surface area contributed by atoms with Gasteiger partial charge in [-0.05, 0) is 67.4 Å². The third-order valence-corrected chi connectivity index (χ3v) is 6.59. The number of nitrogens with zero attached hydrogens (tertiary/aromatic N) is 3. The van der Waals surface area contributed by atoms with Gasteiger partial charge in [-0.15, -0.1) is 6.58 Å². The van der Waals surface area contributed by atoms with Crippen molar-refractivity contribution in [2.75, 3.05) is 32.7 Å². The van der Waals surface area contributed by atoms with E-state index in [2.05, 4.69) is 84.3 Å². The van der Waals surface area contributed by atoms with E-state index in [0.717, 1.165) is 39.0 Å². The Morgan fingerprint density at radius 2 is 1.84 bits per heavy atom. The van der Waals surface area contributed by atoms with Crippen LogP contribution in [-0.2, 0) is 18.5 Å². The molecule has 1 aromatic carbocycles. The van der Waals surface area contributed by atoms with Crippen LogP contribution in [0.5, 0.6) is 0 Å². The topological polar surface area (TPSA) is 31.6 Å². The molecule has 4 nitrogen and oxygen atoms in total. The molecule has 32 heavy (non-hydrogen) atoms. The zero-order chi connectivity index (χ0) is 23.0. The van der Waals surface area contributed by atoms with Crippen molar-refractivity contribution in [3.05, 3.63) is 72.1 Å². The van der Waals surface area contributed by atoms with Crippen LogP contribution >= 0.6 is 0 Å². The Bertz CT molecular complexity index is 812. The Balaban J connectivity index is 1.64. The van der Waals surface area contributed by atoms with Crippen molar-refractivity contribution in [2.45, 2.75) is 71.1 Å². The lowest BCUT2D eigenvalue weighted by atomic mass is 9.87. The fourth-order valence-corrected chi connectivity index (χ4v) is 4.51. The molecular formula is C28H43N3O. The highest BCUT2D eigenvalue weighted by Crippen LogP contribution is 2.22. The Hall–Kier alpha value is -1.88. The Kier molecular flexibility index (Phi) is 9.15. The second-order valence-corrected chi connectivity index (χ2v) is 10.4. The summed E-state index contributed by atoms with van der Waals surface area (Å²) in [6.45, 7) is 17.5. The van der Waals surface area contributed by atoms with E-state index < -0.39 is 0 Å². The third kappa shape index (κ3) is 7.61. The molecule has 2 heterocycles. The molecule has 0 radical (unpaired) electrons. The van der Waals surface area contributed by atoms with Gasteiger partial charge in [0.15, 0.2) is 0 Å². The zero-order valence-electron chi connectivity index (χ0n) is 20.5. The number of aliphatic hydroxyl groups excluding tert-OH is 1. The molecule has 1 N–H and O–H groups in total. The van der Waals surface area contributed by atoms with Crippen LogP contribution in [0.25, 0.3) is 0 Å². The molecule has 0 bridgehead atoms. The number of hydrogen-bond acceptors (Lipinski definition) is 3. The molecule has 2 aromatic rings. The summed E-state index contributed by atoms with van der Waals surface area (Å²) in [5.74, 6) is 0. The molecule has 0 aliphatic carbocycles. The maximum absolute atomic E-state index is 10.6. The van der Waals surface area contributed by atoms with Gasteiger partial charge in [0.05, 0.1) is 6.10 Å². The summed E-state index contributed by atoms with van der Waals surface area (Å²) in [7, 11) is 0. The number of hydrogen-bond donors (Lipinski definition) is 1. The van der Waals surface area contributed by atoms with Crippen LogP contribution in [-0.4, -0.2) is 58.3 Å². The Morgan fingerprint density at radius 1 is 1.12 bits per heavy atom. The van der Waals surface area contributed by atoms with E-state index in [9.17, 15) is 5.11 Å². The van der Waals surface area contributed by atoms with Gasteiger partial charge in [0.1, 0.15) is 0 Å². The molecule has 0 saturated carbocycles. The van der Waals surface area contributed by atoms with Crippen molar-refractivity contribution in [1.29, 1.82) is 0 Å². The predicted octanol–water partition coefficient (Wildman–Crippen LogP) is 5.06. The minimum absolute atomic E-state index is 0.180. The van der Waals surface area contributed by atoms with Crippen molar-refractivity contribution >= 4 is 0 Å². The van der Waals surface area contributed by atoms with Crippen molar-refractivity contribution in [2.24, 2.45) is 0 Å². The van der Waals surface area contributed by atoms with Gasteiger partial charge in [0, 0.05) is 44.6 Å². The van der Waals surface area contributed by atoms with E-state index >= 15 is 0 Å². The van der Waals surface area contributed by atoms with Gasteiger partial charge in [-0.25, -0.2) is 0 Å². The predicted molar refractivity (Wildman–Crippen MR) is 135 cm³/mol. The molecule has 176 valence electrons. The van der Waals surface area contributed by atoms with E-state index in [0.29, 0.717) is 6.54 Å². The fraction of sp³-hybridized carbons (Fsp3) is 0.571. The molecule has 0 spiro atoms. The SMILES string of the molecule is C=CCCC(O)CN(CCN1CCCC1)Cc1cccn1Cc1ccc(C(C)(C)C)cc1. The quantitative estimate of drug-likeness (QED) is 0.471. The number of allylic oxidation sites excluding steroid dienone is 1. The lowest BCUT2D eigenvalue weighted by Crippen LogP contribution is -2.38. The summed E-state index contributed by atoms with van der Waals surface area (Å²) in [4.78, 5) is 4.99. The number of aliphatic hydroxyl groups is 1. The third-order valence-electron chi connectivity index (χ3n) is 6.59. The van der Waals surface area contributed by atoms with Gasteiger partial charge in [-0.1, -0.05) is 51.1 Å². The van der Waals surface area contributed by atoms with E-state index in [1.54, 1.807) is 0 Å². The van der Waals surface area contributed by atoms with Crippen LogP contribution in [0, 0.1) is 0 Å². The summed E-state index contributed by atoms with van der Waals surface area (Å²) >= 11 is 0. The minimum Gasteiger partial charge on any atom is -0.392 e. The molecule has 1 aliphatic heterocycles. The van der Waals surface area contributed by atoms with Crippen LogP contribution < -0.4 is 0 Å². The first kappa shape index (κ1) is 24.8. The first-order valence-electron chi connectivity index (χ1n) is 12.3. The smallest absolute Gasteiger partial charge is 0.0670 e. The molecule has 1 unspecified atom stereocenters. The van der Waals surface area contributed by atoms with Crippen LogP contribution in [0.4, 0.5) is 0 Å². The lowest BCUT2D eigenvalue weighted by molar-refractivity contribution is 0.0951. The molecule has 1 saturated heterocycles. The van der Waals surface area contributed by atoms with Gasteiger partial charge in [-0.2, -0.15) is 0 Å². The highest BCUT2D eigenvalue weighted by atomic mass is 16.3. The average molecular weight is 438 g/mol. The maximum Gasteiger partial charge on any atom is 0.0670 e. The van der Waals surface area contributed by atoms with Crippen LogP contribution in [0.3, 0.4) is 0 Å². The van der Waals surface area contributed by atoms with Gasteiger partial charge in [0.2, 0.25) is 0 Å². The molecule has 3 rings (SSSR count). The van der Waals surface area contributed by atoms with Crippen molar-refractivity contribution in [3.8, 4) is 0 Å². The highest BCUT2D eigenvalue weighted by molar-refractivity contribution is 5.28. The second kappa shape index (κ2) is 11.8. The van der Waals surface area contributed by atoms with Crippen molar-refractivity contribution in [1.82, 2.24) is 14.4 Å². The van der Waals surface area contributed by atoms with Gasteiger partial charge < -0.3 is 14.6 Å². The highest BCUT2D eigenvalue weighted by Gasteiger charge is 2.18. The number of benzene rings is 1. The largest absolute Gasteiger partial charge is 0.392 e. The van der Waals surface area contributed by atoms with E-state index in [-0.39, 0.29) is 11.5 Å². The average Bonchev–Trinajstić information content (AvgIpc) is 3.42. The molecule has 1 atom stereocenters. The normalized spacial score (nSPS) is 16.0. The summed E-state index contributed by atoms with van der Waals surface area (Å²) in [5, 5.41) is 10.6. The standard InChI is InChI=1S/C28H43N3O/c1-5-6-11-27(32)23-30(20-19-29-16-7-8-17-29)22-26-10-9-18-31(26)21-24-12-14-25(15-13-24)28(2,3)4/h5,9-10,12-15,18,27,32H,1,6-8,11,16-17,19-23H2,2-4H3. The number of rotatable bonds is 12. The maximum atomic E-state index is 10.6. The monoisotopic (exact) mass is 437 g/mol. The first-order chi connectivity index (χ1) is 15.3. The Labute approximate surface area is 195 Å². The lowest BCUT2D eigenvalue weighted by Gasteiger charge is -2.28. The Morgan fingerprint density at radius 3 is 2.50 bits per heavy atom. The zero-order valence-corrected chi connectivity index (χ0v) is 20.5. The van der Waals surface area contributed by atoms with Crippen molar-refractivity contribution < 1.29 is 5.11 Å².